The summed E-state index contributed by atoms with van der Waals surface area (Å²) in [5, 5.41) is 3.36. The van der Waals surface area contributed by atoms with Crippen LogP contribution in [0.5, 0.6) is 0 Å². The van der Waals surface area contributed by atoms with E-state index < -0.39 is 0 Å². The summed E-state index contributed by atoms with van der Waals surface area (Å²) in [6.07, 6.45) is 0.981. The highest BCUT2D eigenvalue weighted by atomic mass is 19.1. The molecule has 1 N–H and O–H groups in total. The van der Waals surface area contributed by atoms with Gasteiger partial charge in [-0.1, -0.05) is 19.1 Å². The molecule has 0 saturated carbocycles. The first-order chi connectivity index (χ1) is 7.27. The minimum Gasteiger partial charge on any atom is -0.383 e. The number of halogens is 1. The van der Waals surface area contributed by atoms with Crippen molar-refractivity contribution in [3.8, 4) is 0 Å². The molecule has 1 aromatic carbocycles. The molecule has 0 bridgehead atoms. The zero-order valence-electron chi connectivity index (χ0n) is 9.29. The van der Waals surface area contributed by atoms with Crippen LogP contribution in [0.25, 0.3) is 0 Å². The number of hydrogen-bond donors (Lipinski definition) is 1. The van der Waals surface area contributed by atoms with Gasteiger partial charge in [0.1, 0.15) is 5.82 Å². The number of rotatable bonds is 6. The van der Waals surface area contributed by atoms with Crippen molar-refractivity contribution < 1.29 is 9.13 Å². The van der Waals surface area contributed by atoms with Gasteiger partial charge in [-0.05, 0) is 24.1 Å². The average Bonchev–Trinajstić information content (AvgIpc) is 2.26. The van der Waals surface area contributed by atoms with Gasteiger partial charge in [-0.2, -0.15) is 0 Å². The number of benzene rings is 1. The van der Waals surface area contributed by atoms with Gasteiger partial charge in [-0.15, -0.1) is 0 Å². The Hall–Kier alpha value is -0.930. The molecule has 0 aliphatic heterocycles. The van der Waals surface area contributed by atoms with E-state index in [9.17, 15) is 4.39 Å². The molecule has 2 nitrogen and oxygen atoms in total. The van der Waals surface area contributed by atoms with Crippen LogP contribution in [0.3, 0.4) is 0 Å². The number of ether oxygens (including phenoxy) is 1. The van der Waals surface area contributed by atoms with Gasteiger partial charge in [0.15, 0.2) is 0 Å². The van der Waals surface area contributed by atoms with Crippen LogP contribution in [0.4, 0.5) is 4.39 Å². The van der Waals surface area contributed by atoms with Crippen LogP contribution >= 0.6 is 0 Å². The van der Waals surface area contributed by atoms with Crippen molar-refractivity contribution in [3.63, 3.8) is 0 Å². The van der Waals surface area contributed by atoms with E-state index in [1.165, 1.54) is 12.1 Å². The predicted octanol–water partition coefficient (Wildman–Crippen LogP) is 2.51. The molecule has 0 aliphatic rings. The van der Waals surface area contributed by atoms with E-state index in [2.05, 4.69) is 12.2 Å². The van der Waals surface area contributed by atoms with Crippen molar-refractivity contribution in [1.82, 2.24) is 5.32 Å². The lowest BCUT2D eigenvalue weighted by atomic mass is 10.0. The summed E-state index contributed by atoms with van der Waals surface area (Å²) in [6.45, 7) is 3.61. The Bertz CT molecular complexity index is 273. The number of nitrogens with one attached hydrogen (secondary N) is 1. The molecule has 0 amide bonds. The molecule has 0 radical (unpaired) electrons. The van der Waals surface area contributed by atoms with Gasteiger partial charge in [-0.25, -0.2) is 4.39 Å². The lowest BCUT2D eigenvalue weighted by Crippen LogP contribution is -2.24. The summed E-state index contributed by atoms with van der Waals surface area (Å²) in [4.78, 5) is 0. The van der Waals surface area contributed by atoms with Crippen LogP contribution in [-0.4, -0.2) is 20.3 Å². The normalized spacial score (nSPS) is 12.7. The Kier molecular flexibility index (Phi) is 5.29. The molecule has 0 saturated heterocycles. The third-order valence-corrected chi connectivity index (χ3v) is 2.38. The number of hydrogen-bond acceptors (Lipinski definition) is 2. The summed E-state index contributed by atoms with van der Waals surface area (Å²) < 4.78 is 17.7. The Morgan fingerprint density at radius 1 is 1.33 bits per heavy atom. The van der Waals surface area contributed by atoms with E-state index in [1.807, 2.05) is 12.1 Å². The minimum atomic E-state index is -0.189. The van der Waals surface area contributed by atoms with Crippen molar-refractivity contribution in [1.29, 1.82) is 0 Å². The van der Waals surface area contributed by atoms with E-state index in [4.69, 9.17) is 4.74 Å². The largest absolute Gasteiger partial charge is 0.383 e. The van der Waals surface area contributed by atoms with E-state index >= 15 is 0 Å². The molecule has 1 aromatic rings. The lowest BCUT2D eigenvalue weighted by Gasteiger charge is -2.17. The fourth-order valence-corrected chi connectivity index (χ4v) is 1.53. The molecule has 84 valence electrons. The molecule has 1 unspecified atom stereocenters. The van der Waals surface area contributed by atoms with Crippen LogP contribution in [0.1, 0.15) is 24.9 Å². The van der Waals surface area contributed by atoms with Crippen LogP contribution in [0.15, 0.2) is 24.3 Å². The summed E-state index contributed by atoms with van der Waals surface area (Å²) in [5.74, 6) is -0.189. The molecule has 3 heteroatoms. The van der Waals surface area contributed by atoms with Gasteiger partial charge >= 0.3 is 0 Å². The molecule has 0 fully saturated rings. The third-order valence-electron chi connectivity index (χ3n) is 2.38. The molecule has 0 aromatic heterocycles. The standard InChI is InChI=1S/C12H18FNO/c1-3-12(14-8-9-15-2)10-4-6-11(13)7-5-10/h4-7,12,14H,3,8-9H2,1-2H3. The molecule has 1 rings (SSSR count). The maximum absolute atomic E-state index is 12.7. The first-order valence-electron chi connectivity index (χ1n) is 5.25. The van der Waals surface area contributed by atoms with E-state index in [-0.39, 0.29) is 11.9 Å². The van der Waals surface area contributed by atoms with Gasteiger partial charge in [0.25, 0.3) is 0 Å². The first-order valence-corrected chi connectivity index (χ1v) is 5.25. The van der Waals surface area contributed by atoms with Crippen molar-refractivity contribution in [2.75, 3.05) is 20.3 Å². The molecule has 0 aliphatic carbocycles. The topological polar surface area (TPSA) is 21.3 Å². The second kappa shape index (κ2) is 6.53. The quantitative estimate of drug-likeness (QED) is 0.730. The minimum absolute atomic E-state index is 0.189. The van der Waals surface area contributed by atoms with E-state index in [0.29, 0.717) is 6.61 Å². The van der Waals surface area contributed by atoms with Gasteiger partial charge < -0.3 is 10.1 Å². The highest BCUT2D eigenvalue weighted by molar-refractivity contribution is 5.19. The average molecular weight is 211 g/mol. The summed E-state index contributed by atoms with van der Waals surface area (Å²) >= 11 is 0. The third kappa shape index (κ3) is 3.98. The zero-order chi connectivity index (χ0) is 11.1. The van der Waals surface area contributed by atoms with Crippen LogP contribution in [0, 0.1) is 5.82 Å². The Labute approximate surface area is 90.4 Å². The Morgan fingerprint density at radius 3 is 2.53 bits per heavy atom. The molecular formula is C12H18FNO. The van der Waals surface area contributed by atoms with Crippen molar-refractivity contribution in [2.24, 2.45) is 0 Å². The van der Waals surface area contributed by atoms with Crippen molar-refractivity contribution in [3.05, 3.63) is 35.6 Å². The smallest absolute Gasteiger partial charge is 0.123 e. The van der Waals surface area contributed by atoms with E-state index in [0.717, 1.165) is 18.5 Å². The Morgan fingerprint density at radius 2 is 2.00 bits per heavy atom. The molecule has 1 atom stereocenters. The molecule has 0 spiro atoms. The highest BCUT2D eigenvalue weighted by Crippen LogP contribution is 2.16. The Balaban J connectivity index is 2.53. The van der Waals surface area contributed by atoms with Gasteiger partial charge in [0.2, 0.25) is 0 Å². The summed E-state index contributed by atoms with van der Waals surface area (Å²) in [6, 6.07) is 6.92. The van der Waals surface area contributed by atoms with Crippen molar-refractivity contribution in [2.45, 2.75) is 19.4 Å². The maximum Gasteiger partial charge on any atom is 0.123 e. The van der Waals surface area contributed by atoms with E-state index in [1.54, 1.807) is 7.11 Å². The highest BCUT2D eigenvalue weighted by Gasteiger charge is 2.07. The number of methoxy groups -OCH3 is 1. The predicted molar refractivity (Wildman–Crippen MR) is 59.3 cm³/mol. The lowest BCUT2D eigenvalue weighted by molar-refractivity contribution is 0.195. The van der Waals surface area contributed by atoms with Gasteiger partial charge in [0.05, 0.1) is 6.61 Å². The van der Waals surface area contributed by atoms with Crippen molar-refractivity contribution >= 4 is 0 Å². The molecule has 15 heavy (non-hydrogen) atoms. The second-order valence-corrected chi connectivity index (χ2v) is 3.46. The zero-order valence-corrected chi connectivity index (χ0v) is 9.29. The molecule has 0 heterocycles. The SMILES string of the molecule is CCC(NCCOC)c1ccc(F)cc1. The first kappa shape index (κ1) is 12.1. The fraction of sp³-hybridized carbons (Fsp3) is 0.500. The monoisotopic (exact) mass is 211 g/mol. The van der Waals surface area contributed by atoms with Gasteiger partial charge in [0, 0.05) is 19.7 Å². The molecular weight excluding hydrogens is 193 g/mol. The second-order valence-electron chi connectivity index (χ2n) is 3.46. The van der Waals surface area contributed by atoms with Gasteiger partial charge in [-0.3, -0.25) is 0 Å². The summed E-state index contributed by atoms with van der Waals surface area (Å²) in [5.41, 5.74) is 1.12. The summed E-state index contributed by atoms with van der Waals surface area (Å²) in [7, 11) is 1.68. The van der Waals surface area contributed by atoms with Crippen LogP contribution < -0.4 is 5.32 Å². The fourth-order valence-electron chi connectivity index (χ4n) is 1.53. The maximum atomic E-state index is 12.7. The van der Waals surface area contributed by atoms with Crippen LogP contribution in [-0.2, 0) is 4.74 Å². The van der Waals surface area contributed by atoms with Crippen LogP contribution in [0.2, 0.25) is 0 Å².